The van der Waals surface area contributed by atoms with Crippen LogP contribution >= 0.6 is 0 Å². The summed E-state index contributed by atoms with van der Waals surface area (Å²) >= 11 is 0. The Morgan fingerprint density at radius 3 is 2.33 bits per heavy atom. The van der Waals surface area contributed by atoms with Crippen LogP contribution < -0.4 is 5.32 Å². The molecular weight excluding hydrogens is 254 g/mol. The lowest BCUT2D eigenvalue weighted by Crippen LogP contribution is -2.40. The van der Waals surface area contributed by atoms with Crippen molar-refractivity contribution >= 4 is 0 Å². The predicted molar refractivity (Wildman–Crippen MR) is 92.6 cm³/mol. The standard InChI is InChI=1S/C20H33N/c1-3-8-17-11-13-19(14-12-17)20(21-15-4-2)16-18-9-6-5-7-10-18/h5-7,9-10,17,19-21H,3-4,8,11-16H2,1-2H3. The summed E-state index contributed by atoms with van der Waals surface area (Å²) in [5, 5.41) is 3.83. The minimum Gasteiger partial charge on any atom is -0.313 e. The lowest BCUT2D eigenvalue weighted by Gasteiger charge is -2.34. The molecule has 0 aromatic heterocycles. The number of hydrogen-bond acceptors (Lipinski definition) is 1. The molecule has 0 aliphatic heterocycles. The SMILES string of the molecule is CCCNC(Cc1ccccc1)C1CCC(CCC)CC1. The molecule has 0 saturated heterocycles. The number of benzene rings is 1. The van der Waals surface area contributed by atoms with Gasteiger partial charge in [-0.05, 0) is 49.6 Å². The summed E-state index contributed by atoms with van der Waals surface area (Å²) in [6.07, 6.45) is 11.0. The van der Waals surface area contributed by atoms with E-state index >= 15 is 0 Å². The van der Waals surface area contributed by atoms with Gasteiger partial charge in [0.15, 0.2) is 0 Å². The van der Waals surface area contributed by atoms with Gasteiger partial charge in [-0.3, -0.25) is 0 Å². The first-order valence-electron chi connectivity index (χ1n) is 9.10. The van der Waals surface area contributed by atoms with Crippen LogP contribution in [0.4, 0.5) is 0 Å². The summed E-state index contributed by atoms with van der Waals surface area (Å²) in [7, 11) is 0. The first-order chi connectivity index (χ1) is 10.3. The second kappa shape index (κ2) is 9.25. The van der Waals surface area contributed by atoms with Gasteiger partial charge in [-0.2, -0.15) is 0 Å². The van der Waals surface area contributed by atoms with Crippen LogP contribution in [0.15, 0.2) is 30.3 Å². The van der Waals surface area contributed by atoms with Crippen LogP contribution in [-0.2, 0) is 6.42 Å². The van der Waals surface area contributed by atoms with E-state index in [0.717, 1.165) is 18.4 Å². The molecule has 0 bridgehead atoms. The average molecular weight is 287 g/mol. The first-order valence-corrected chi connectivity index (χ1v) is 9.10. The van der Waals surface area contributed by atoms with Crippen molar-refractivity contribution in [1.82, 2.24) is 5.32 Å². The van der Waals surface area contributed by atoms with Crippen molar-refractivity contribution in [3.63, 3.8) is 0 Å². The molecule has 1 aliphatic carbocycles. The Labute approximate surface area is 131 Å². The summed E-state index contributed by atoms with van der Waals surface area (Å²) in [5.41, 5.74) is 1.49. The smallest absolute Gasteiger partial charge is 0.0136 e. The van der Waals surface area contributed by atoms with Crippen molar-refractivity contribution in [2.75, 3.05) is 6.54 Å². The lowest BCUT2D eigenvalue weighted by molar-refractivity contribution is 0.212. The Hall–Kier alpha value is -0.820. The van der Waals surface area contributed by atoms with Crippen LogP contribution in [-0.4, -0.2) is 12.6 Å². The van der Waals surface area contributed by atoms with Gasteiger partial charge >= 0.3 is 0 Å². The molecule has 1 N–H and O–H groups in total. The Morgan fingerprint density at radius 2 is 1.71 bits per heavy atom. The third-order valence-corrected chi connectivity index (χ3v) is 5.11. The van der Waals surface area contributed by atoms with Crippen molar-refractivity contribution < 1.29 is 0 Å². The third-order valence-electron chi connectivity index (χ3n) is 5.11. The molecule has 0 heterocycles. The molecule has 1 aromatic carbocycles. The van der Waals surface area contributed by atoms with Gasteiger partial charge < -0.3 is 5.32 Å². The van der Waals surface area contributed by atoms with Crippen molar-refractivity contribution in [3.05, 3.63) is 35.9 Å². The summed E-state index contributed by atoms with van der Waals surface area (Å²) in [4.78, 5) is 0. The van der Waals surface area contributed by atoms with Crippen molar-refractivity contribution in [2.24, 2.45) is 11.8 Å². The van der Waals surface area contributed by atoms with Crippen LogP contribution in [0, 0.1) is 11.8 Å². The molecule has 0 radical (unpaired) electrons. The van der Waals surface area contributed by atoms with Gasteiger partial charge in [0.2, 0.25) is 0 Å². The molecule has 118 valence electrons. The lowest BCUT2D eigenvalue weighted by atomic mass is 9.76. The van der Waals surface area contributed by atoms with Gasteiger partial charge in [0.1, 0.15) is 0 Å². The van der Waals surface area contributed by atoms with Gasteiger partial charge in [-0.15, -0.1) is 0 Å². The van der Waals surface area contributed by atoms with Crippen molar-refractivity contribution in [2.45, 2.75) is 71.3 Å². The average Bonchev–Trinajstić information content (AvgIpc) is 2.53. The monoisotopic (exact) mass is 287 g/mol. The highest BCUT2D eigenvalue weighted by molar-refractivity contribution is 5.16. The van der Waals surface area contributed by atoms with E-state index in [9.17, 15) is 0 Å². The van der Waals surface area contributed by atoms with Gasteiger partial charge in [0.05, 0.1) is 0 Å². The van der Waals surface area contributed by atoms with Crippen LogP contribution in [0.3, 0.4) is 0 Å². The van der Waals surface area contributed by atoms with Crippen LogP contribution in [0.1, 0.15) is 64.4 Å². The quantitative estimate of drug-likeness (QED) is 0.692. The topological polar surface area (TPSA) is 12.0 Å². The minimum atomic E-state index is 0.676. The molecule has 1 nitrogen and oxygen atoms in total. The molecule has 1 unspecified atom stereocenters. The number of nitrogens with one attached hydrogen (secondary N) is 1. The largest absolute Gasteiger partial charge is 0.313 e. The van der Waals surface area contributed by atoms with Crippen LogP contribution in [0.5, 0.6) is 0 Å². The normalized spacial score (nSPS) is 23.9. The van der Waals surface area contributed by atoms with E-state index < -0.39 is 0 Å². The summed E-state index contributed by atoms with van der Waals surface area (Å²) < 4.78 is 0. The van der Waals surface area contributed by atoms with Gasteiger partial charge in [-0.1, -0.05) is 69.9 Å². The van der Waals surface area contributed by atoms with Crippen molar-refractivity contribution in [3.8, 4) is 0 Å². The van der Waals surface area contributed by atoms with Crippen molar-refractivity contribution in [1.29, 1.82) is 0 Å². The second-order valence-corrected chi connectivity index (χ2v) is 6.82. The maximum Gasteiger partial charge on any atom is 0.0136 e. The maximum absolute atomic E-state index is 3.83. The summed E-state index contributed by atoms with van der Waals surface area (Å²) in [6, 6.07) is 11.7. The molecule has 1 saturated carbocycles. The number of hydrogen-bond donors (Lipinski definition) is 1. The minimum absolute atomic E-state index is 0.676. The van der Waals surface area contributed by atoms with E-state index in [4.69, 9.17) is 0 Å². The maximum atomic E-state index is 3.83. The Balaban J connectivity index is 1.90. The fourth-order valence-electron chi connectivity index (χ4n) is 3.89. The van der Waals surface area contributed by atoms with Crippen LogP contribution in [0.25, 0.3) is 0 Å². The summed E-state index contributed by atoms with van der Waals surface area (Å²) in [6.45, 7) is 5.75. The zero-order valence-electron chi connectivity index (χ0n) is 14.0. The highest BCUT2D eigenvalue weighted by atomic mass is 14.9. The molecule has 0 amide bonds. The van der Waals surface area contributed by atoms with E-state index in [1.165, 1.54) is 56.9 Å². The second-order valence-electron chi connectivity index (χ2n) is 6.82. The molecule has 1 atom stereocenters. The first kappa shape index (κ1) is 16.5. The highest BCUT2D eigenvalue weighted by Crippen LogP contribution is 2.34. The molecule has 0 spiro atoms. The Morgan fingerprint density at radius 1 is 1.00 bits per heavy atom. The Kier molecular flexibility index (Phi) is 7.29. The van der Waals surface area contributed by atoms with E-state index in [-0.39, 0.29) is 0 Å². The van der Waals surface area contributed by atoms with E-state index in [1.54, 1.807) is 0 Å². The van der Waals surface area contributed by atoms with Gasteiger partial charge in [0, 0.05) is 6.04 Å². The fourth-order valence-corrected chi connectivity index (χ4v) is 3.89. The summed E-state index contributed by atoms with van der Waals surface area (Å²) in [5.74, 6) is 1.89. The van der Waals surface area contributed by atoms with E-state index in [1.807, 2.05) is 0 Å². The molecule has 1 aromatic rings. The van der Waals surface area contributed by atoms with Gasteiger partial charge in [0.25, 0.3) is 0 Å². The zero-order valence-corrected chi connectivity index (χ0v) is 14.0. The molecule has 1 heteroatoms. The molecule has 1 aliphatic rings. The number of rotatable bonds is 8. The third kappa shape index (κ3) is 5.47. The molecule has 2 rings (SSSR count). The molecule has 1 fully saturated rings. The van der Waals surface area contributed by atoms with Crippen LogP contribution in [0.2, 0.25) is 0 Å². The highest BCUT2D eigenvalue weighted by Gasteiger charge is 2.26. The Bertz CT molecular complexity index is 365. The molecular formula is C20H33N. The fraction of sp³-hybridized carbons (Fsp3) is 0.700. The molecule has 21 heavy (non-hydrogen) atoms. The van der Waals surface area contributed by atoms with Gasteiger partial charge in [-0.25, -0.2) is 0 Å². The van der Waals surface area contributed by atoms with E-state index in [2.05, 4.69) is 49.5 Å². The zero-order chi connectivity index (χ0) is 14.9. The predicted octanol–water partition coefficient (Wildman–Crippen LogP) is 5.20. The van der Waals surface area contributed by atoms with E-state index in [0.29, 0.717) is 6.04 Å².